The van der Waals surface area contributed by atoms with Crippen LogP contribution in [0.5, 0.6) is 0 Å². The van der Waals surface area contributed by atoms with Gasteiger partial charge in [0.25, 0.3) is 0 Å². The van der Waals surface area contributed by atoms with Crippen molar-refractivity contribution in [3.63, 3.8) is 0 Å². The first-order valence-electron chi connectivity index (χ1n) is 9.18. The molecule has 0 amide bonds. The van der Waals surface area contributed by atoms with Gasteiger partial charge in [0.05, 0.1) is 13.2 Å². The van der Waals surface area contributed by atoms with Crippen LogP contribution in [0.2, 0.25) is 0 Å². The van der Waals surface area contributed by atoms with Crippen LogP contribution in [0.4, 0.5) is 0 Å². The number of rotatable bonds is 13. The lowest BCUT2D eigenvalue weighted by Crippen LogP contribution is -2.18. The Morgan fingerprint density at radius 3 is 1.43 bits per heavy atom. The number of unbranched alkanes of at least 4 members (excludes halogenated alkanes) is 3. The molecule has 0 aromatic carbocycles. The lowest BCUT2D eigenvalue weighted by Gasteiger charge is -2.14. The molecule has 0 bridgehead atoms. The molecule has 4 nitrogen and oxygen atoms in total. The van der Waals surface area contributed by atoms with Gasteiger partial charge in [-0.2, -0.15) is 0 Å². The summed E-state index contributed by atoms with van der Waals surface area (Å²) in [7, 11) is 0. The van der Waals surface area contributed by atoms with Crippen molar-refractivity contribution in [2.24, 2.45) is 0 Å². The molecule has 0 unspecified atom stereocenters. The summed E-state index contributed by atoms with van der Waals surface area (Å²) in [6.45, 7) is 8.89. The molecule has 0 aromatic heterocycles. The largest absolute Gasteiger partial charge is 0.462 e. The Kier molecular flexibility index (Phi) is 13.5. The van der Waals surface area contributed by atoms with Crippen LogP contribution in [0.25, 0.3) is 0 Å². The third-order valence-corrected chi connectivity index (χ3v) is 3.54. The van der Waals surface area contributed by atoms with Crippen LogP contribution < -0.4 is 0 Å². The minimum absolute atomic E-state index is 0.345. The summed E-state index contributed by atoms with van der Waals surface area (Å²) in [5.74, 6) is -0.692. The molecule has 0 N–H and O–H groups in total. The number of carbonyl (C=O) groups is 2. The monoisotopic (exact) mass is 326 g/mol. The summed E-state index contributed by atoms with van der Waals surface area (Å²) in [6, 6.07) is 0. The Morgan fingerprint density at radius 1 is 0.609 bits per heavy atom. The van der Waals surface area contributed by atoms with Crippen LogP contribution in [0.15, 0.2) is 11.1 Å². The summed E-state index contributed by atoms with van der Waals surface area (Å²) in [4.78, 5) is 24.8. The molecule has 0 rings (SSSR count). The zero-order valence-corrected chi connectivity index (χ0v) is 15.4. The highest BCUT2D eigenvalue weighted by atomic mass is 16.5. The molecule has 4 heteroatoms. The Labute approximate surface area is 141 Å². The van der Waals surface area contributed by atoms with Crippen molar-refractivity contribution in [2.75, 3.05) is 13.2 Å². The number of hydrogen-bond donors (Lipinski definition) is 0. The van der Waals surface area contributed by atoms with Crippen molar-refractivity contribution >= 4 is 11.9 Å². The van der Waals surface area contributed by atoms with Crippen LogP contribution >= 0.6 is 0 Å². The number of ether oxygens (including phenoxy) is 2. The predicted molar refractivity (Wildman–Crippen MR) is 93.2 cm³/mol. The van der Waals surface area contributed by atoms with E-state index in [1.807, 2.05) is 13.8 Å². The molecule has 134 valence electrons. The lowest BCUT2D eigenvalue weighted by molar-refractivity contribution is -0.142. The molecule has 0 atom stereocenters. The van der Waals surface area contributed by atoms with Gasteiger partial charge >= 0.3 is 11.9 Å². The Balaban J connectivity index is 5.32. The molecular weight excluding hydrogens is 292 g/mol. The van der Waals surface area contributed by atoms with Gasteiger partial charge in [0, 0.05) is 11.1 Å². The second kappa shape index (κ2) is 14.3. The minimum Gasteiger partial charge on any atom is -0.462 e. The third kappa shape index (κ3) is 9.42. The van der Waals surface area contributed by atoms with Crippen LogP contribution in [-0.4, -0.2) is 25.2 Å². The Morgan fingerprint density at radius 2 is 1.04 bits per heavy atom. The van der Waals surface area contributed by atoms with Gasteiger partial charge in [0.2, 0.25) is 0 Å². The highest BCUT2D eigenvalue weighted by Crippen LogP contribution is 2.22. The first-order valence-corrected chi connectivity index (χ1v) is 9.18. The van der Waals surface area contributed by atoms with Gasteiger partial charge in [-0.3, -0.25) is 0 Å². The first-order chi connectivity index (χ1) is 11.1. The van der Waals surface area contributed by atoms with E-state index in [-0.39, 0.29) is 11.9 Å². The molecule has 0 aromatic rings. The summed E-state index contributed by atoms with van der Waals surface area (Å²) in [5, 5.41) is 0. The molecule has 0 radical (unpaired) electrons. The second-order valence-electron chi connectivity index (χ2n) is 5.79. The normalized spacial score (nSPS) is 11.8. The van der Waals surface area contributed by atoms with Crippen molar-refractivity contribution in [2.45, 2.75) is 85.5 Å². The summed E-state index contributed by atoms with van der Waals surface area (Å²) in [5.41, 5.74) is 1.05. The topological polar surface area (TPSA) is 52.6 Å². The third-order valence-electron chi connectivity index (χ3n) is 3.54. The summed E-state index contributed by atoms with van der Waals surface area (Å²) in [6.07, 6.45) is 7.57. The molecule has 0 aliphatic rings. The maximum Gasteiger partial charge on any atom is 0.334 e. The molecule has 23 heavy (non-hydrogen) atoms. The number of esters is 2. The van der Waals surface area contributed by atoms with E-state index < -0.39 is 0 Å². The molecule has 0 spiro atoms. The van der Waals surface area contributed by atoms with E-state index in [1.165, 1.54) is 0 Å². The molecule has 0 aliphatic heterocycles. The van der Waals surface area contributed by atoms with Gasteiger partial charge in [-0.25, -0.2) is 9.59 Å². The number of hydrogen-bond acceptors (Lipinski definition) is 4. The smallest absolute Gasteiger partial charge is 0.334 e. The van der Waals surface area contributed by atoms with Crippen molar-refractivity contribution in [3.05, 3.63) is 11.1 Å². The quantitative estimate of drug-likeness (QED) is 0.273. The van der Waals surface area contributed by atoms with Crippen LogP contribution in [-0.2, 0) is 19.1 Å². The maximum atomic E-state index is 12.4. The van der Waals surface area contributed by atoms with Gasteiger partial charge < -0.3 is 9.47 Å². The fourth-order valence-corrected chi connectivity index (χ4v) is 2.22. The first kappa shape index (κ1) is 21.7. The van der Waals surface area contributed by atoms with E-state index in [0.717, 1.165) is 44.9 Å². The molecule has 0 aliphatic carbocycles. The SMILES string of the molecule is CCCCCC(C(=O)OCCC)=C(CCCC)C(=O)OCCC. The van der Waals surface area contributed by atoms with Crippen molar-refractivity contribution in [1.29, 1.82) is 0 Å². The zero-order valence-electron chi connectivity index (χ0n) is 15.4. The molecule has 0 heterocycles. The zero-order chi connectivity index (χ0) is 17.5. The summed E-state index contributed by atoms with van der Waals surface area (Å²) >= 11 is 0. The highest BCUT2D eigenvalue weighted by molar-refractivity contribution is 6.00. The highest BCUT2D eigenvalue weighted by Gasteiger charge is 2.22. The average Bonchev–Trinajstić information content (AvgIpc) is 2.56. The van der Waals surface area contributed by atoms with Gasteiger partial charge in [-0.1, -0.05) is 47.0 Å². The van der Waals surface area contributed by atoms with Crippen molar-refractivity contribution in [1.82, 2.24) is 0 Å². The average molecular weight is 326 g/mol. The van der Waals surface area contributed by atoms with Crippen molar-refractivity contribution in [3.8, 4) is 0 Å². The second-order valence-corrected chi connectivity index (χ2v) is 5.79. The molecule has 0 saturated carbocycles. The van der Waals surface area contributed by atoms with Crippen LogP contribution in [0.3, 0.4) is 0 Å². The fourth-order valence-electron chi connectivity index (χ4n) is 2.22. The van der Waals surface area contributed by atoms with Gasteiger partial charge in [-0.05, 0) is 38.5 Å². The standard InChI is InChI=1S/C19H34O4/c1-5-9-11-13-17(19(21)23-15-8-4)16(12-10-6-2)18(20)22-14-7-3/h5-15H2,1-4H3. The maximum absolute atomic E-state index is 12.4. The predicted octanol–water partition coefficient (Wildman–Crippen LogP) is 4.96. The van der Waals surface area contributed by atoms with E-state index in [1.54, 1.807) is 0 Å². The lowest BCUT2D eigenvalue weighted by atomic mass is 9.97. The van der Waals surface area contributed by atoms with E-state index >= 15 is 0 Å². The van der Waals surface area contributed by atoms with E-state index in [4.69, 9.17) is 9.47 Å². The molecular formula is C19H34O4. The van der Waals surface area contributed by atoms with Gasteiger partial charge in [0.1, 0.15) is 0 Å². The Hall–Kier alpha value is -1.32. The van der Waals surface area contributed by atoms with E-state index in [9.17, 15) is 9.59 Å². The van der Waals surface area contributed by atoms with Gasteiger partial charge in [0.15, 0.2) is 0 Å². The van der Waals surface area contributed by atoms with E-state index in [2.05, 4.69) is 13.8 Å². The minimum atomic E-state index is -0.347. The Bertz CT molecular complexity index is 372. The van der Waals surface area contributed by atoms with Crippen LogP contribution in [0, 0.1) is 0 Å². The van der Waals surface area contributed by atoms with Crippen molar-refractivity contribution < 1.29 is 19.1 Å². The fraction of sp³-hybridized carbons (Fsp3) is 0.789. The van der Waals surface area contributed by atoms with E-state index in [0.29, 0.717) is 37.2 Å². The van der Waals surface area contributed by atoms with Crippen LogP contribution in [0.1, 0.15) is 85.5 Å². The summed E-state index contributed by atoms with van der Waals surface area (Å²) < 4.78 is 10.6. The molecule has 0 saturated heterocycles. The number of carbonyl (C=O) groups excluding carboxylic acids is 2. The van der Waals surface area contributed by atoms with Gasteiger partial charge in [-0.15, -0.1) is 0 Å². The molecule has 0 fully saturated rings.